The predicted octanol–water partition coefficient (Wildman–Crippen LogP) is 4.69. The first-order valence-electron chi connectivity index (χ1n) is 9.84. The number of carbonyl (C=O) groups excluding carboxylic acids is 2. The maximum Gasteiger partial charge on any atom is 0.338 e. The van der Waals surface area contributed by atoms with E-state index >= 15 is 0 Å². The number of hydrogen-bond acceptors (Lipinski definition) is 6. The van der Waals surface area contributed by atoms with Gasteiger partial charge in [-0.2, -0.15) is 0 Å². The molecule has 6 heteroatoms. The third-order valence-corrected chi connectivity index (χ3v) is 6.37. The van der Waals surface area contributed by atoms with Crippen molar-refractivity contribution in [1.29, 1.82) is 0 Å². The molecule has 1 N–H and O–H groups in total. The van der Waals surface area contributed by atoms with Gasteiger partial charge in [0, 0.05) is 17.1 Å². The maximum atomic E-state index is 12.8. The highest BCUT2D eigenvalue weighted by Crippen LogP contribution is 2.47. The molecule has 1 unspecified atom stereocenters. The van der Waals surface area contributed by atoms with Crippen molar-refractivity contribution >= 4 is 23.7 Å². The average Bonchev–Trinajstić information content (AvgIpc) is 3.12. The molecule has 0 saturated heterocycles. The third-order valence-electron chi connectivity index (χ3n) is 5.21. The van der Waals surface area contributed by atoms with Gasteiger partial charge in [-0.25, -0.2) is 9.59 Å². The van der Waals surface area contributed by atoms with Gasteiger partial charge >= 0.3 is 11.9 Å². The van der Waals surface area contributed by atoms with Gasteiger partial charge in [0.25, 0.3) is 0 Å². The van der Waals surface area contributed by atoms with Crippen molar-refractivity contribution in [2.75, 3.05) is 13.2 Å². The fourth-order valence-corrected chi connectivity index (χ4v) is 4.91. The Morgan fingerprint density at radius 3 is 2.67 bits per heavy atom. The number of cyclic esters (lactones) is 1. The van der Waals surface area contributed by atoms with E-state index in [0.717, 1.165) is 21.8 Å². The lowest BCUT2D eigenvalue weighted by atomic mass is 9.77. The number of ether oxygens (including phenoxy) is 2. The van der Waals surface area contributed by atoms with Gasteiger partial charge in [-0.1, -0.05) is 48.5 Å². The molecule has 1 heterocycles. The van der Waals surface area contributed by atoms with E-state index in [2.05, 4.69) is 12.1 Å². The molecule has 0 aromatic heterocycles. The summed E-state index contributed by atoms with van der Waals surface area (Å²) in [6.07, 6.45) is 0.130. The number of aliphatic hydroxyl groups excluding tert-OH is 1. The average molecular weight is 423 g/mol. The molecule has 1 atom stereocenters. The molecule has 0 radical (unpaired) electrons. The highest BCUT2D eigenvalue weighted by atomic mass is 32.2. The van der Waals surface area contributed by atoms with E-state index in [1.807, 2.05) is 42.5 Å². The summed E-state index contributed by atoms with van der Waals surface area (Å²) in [5, 5.41) is 10.7. The number of benzene rings is 2. The Labute approximate surface area is 179 Å². The first-order valence-corrected chi connectivity index (χ1v) is 10.8. The summed E-state index contributed by atoms with van der Waals surface area (Å²) in [4.78, 5) is 26.3. The number of hydrogen-bond donors (Lipinski definition) is 1. The molecular weight excluding hydrogens is 400 g/mol. The van der Waals surface area contributed by atoms with Crippen molar-refractivity contribution in [3.63, 3.8) is 0 Å². The molecule has 0 bridgehead atoms. The Kier molecular flexibility index (Phi) is 5.95. The van der Waals surface area contributed by atoms with Gasteiger partial charge in [-0.3, -0.25) is 0 Å². The van der Waals surface area contributed by atoms with Crippen LogP contribution in [0.15, 0.2) is 82.0 Å². The Morgan fingerprint density at radius 2 is 1.90 bits per heavy atom. The van der Waals surface area contributed by atoms with Crippen molar-refractivity contribution in [2.24, 2.45) is 0 Å². The Balaban J connectivity index is 1.76. The van der Waals surface area contributed by atoms with Crippen LogP contribution in [0.25, 0.3) is 0 Å². The molecule has 0 saturated carbocycles. The van der Waals surface area contributed by atoms with Crippen LogP contribution in [0.2, 0.25) is 0 Å². The van der Waals surface area contributed by atoms with Crippen LogP contribution < -0.4 is 0 Å². The topological polar surface area (TPSA) is 72.8 Å². The van der Waals surface area contributed by atoms with E-state index in [1.165, 1.54) is 5.56 Å². The van der Waals surface area contributed by atoms with Crippen molar-refractivity contribution in [1.82, 2.24) is 0 Å². The number of allylic oxidation sites excluding steroid dienone is 1. The first-order chi connectivity index (χ1) is 14.6. The van der Waals surface area contributed by atoms with Gasteiger partial charge in [0.2, 0.25) is 0 Å². The normalized spacial score (nSPS) is 18.3. The molecular formula is C24H22O5S. The van der Waals surface area contributed by atoms with E-state index in [4.69, 9.17) is 9.47 Å². The van der Waals surface area contributed by atoms with Crippen molar-refractivity contribution in [2.45, 2.75) is 29.9 Å². The molecule has 30 heavy (non-hydrogen) atoms. The van der Waals surface area contributed by atoms with E-state index in [1.54, 1.807) is 18.7 Å². The number of esters is 2. The smallest absolute Gasteiger partial charge is 0.338 e. The summed E-state index contributed by atoms with van der Waals surface area (Å²) in [6.45, 7) is 2.04. The van der Waals surface area contributed by atoms with Gasteiger partial charge in [-0.15, -0.1) is 11.8 Å². The van der Waals surface area contributed by atoms with Gasteiger partial charge in [0.15, 0.2) is 0 Å². The van der Waals surface area contributed by atoms with Crippen LogP contribution in [-0.4, -0.2) is 30.3 Å². The summed E-state index contributed by atoms with van der Waals surface area (Å²) in [7, 11) is 0. The van der Waals surface area contributed by atoms with E-state index in [9.17, 15) is 14.7 Å². The molecule has 154 valence electrons. The number of aliphatic hydroxyl groups is 1. The fraction of sp³-hybridized carbons (Fsp3) is 0.250. The van der Waals surface area contributed by atoms with E-state index < -0.39 is 17.9 Å². The lowest BCUT2D eigenvalue weighted by Crippen LogP contribution is -2.24. The van der Waals surface area contributed by atoms with E-state index in [0.29, 0.717) is 5.57 Å². The second kappa shape index (κ2) is 8.79. The number of rotatable bonds is 6. The second-order valence-corrected chi connectivity index (χ2v) is 8.11. The summed E-state index contributed by atoms with van der Waals surface area (Å²) in [5.41, 5.74) is 3.26. The lowest BCUT2D eigenvalue weighted by molar-refractivity contribution is -0.139. The molecule has 1 aliphatic carbocycles. The van der Waals surface area contributed by atoms with Crippen LogP contribution >= 0.6 is 11.8 Å². The van der Waals surface area contributed by atoms with Gasteiger partial charge in [-0.05, 0) is 29.7 Å². The van der Waals surface area contributed by atoms with Gasteiger partial charge in [0.1, 0.15) is 12.4 Å². The SMILES string of the molecule is CCOC(=O)C1=C(O)CC2=C(C(=O)OC2)C1c1ccccc1SCc1ccccc1. The van der Waals surface area contributed by atoms with Gasteiger partial charge in [0.05, 0.1) is 23.7 Å². The standard InChI is InChI=1S/C24H22O5S/c1-2-28-24(27)22-18(25)12-16-13-29-23(26)20(16)21(22)17-10-6-7-11-19(17)30-14-15-8-4-3-5-9-15/h3-11,21,25H,2,12-14H2,1H3. The molecule has 5 nitrogen and oxygen atoms in total. The Bertz CT molecular complexity index is 1040. The Hall–Kier alpha value is -2.99. The molecule has 2 aliphatic rings. The van der Waals surface area contributed by atoms with Crippen LogP contribution in [0.4, 0.5) is 0 Å². The van der Waals surface area contributed by atoms with Gasteiger partial charge < -0.3 is 14.6 Å². The molecule has 0 fully saturated rings. The van der Waals surface area contributed by atoms with Crippen LogP contribution in [0.1, 0.15) is 30.4 Å². The summed E-state index contributed by atoms with van der Waals surface area (Å²) in [5.74, 6) is -1.06. The summed E-state index contributed by atoms with van der Waals surface area (Å²) >= 11 is 1.63. The van der Waals surface area contributed by atoms with Crippen LogP contribution in [0, 0.1) is 0 Å². The van der Waals surface area contributed by atoms with Crippen molar-refractivity contribution in [3.8, 4) is 0 Å². The minimum Gasteiger partial charge on any atom is -0.511 e. The zero-order chi connectivity index (χ0) is 21.1. The molecule has 4 rings (SSSR count). The Morgan fingerprint density at radius 1 is 1.17 bits per heavy atom. The molecule has 0 amide bonds. The van der Waals surface area contributed by atoms with E-state index in [-0.39, 0.29) is 31.0 Å². The summed E-state index contributed by atoms with van der Waals surface area (Å²) < 4.78 is 10.5. The van der Waals surface area contributed by atoms with Crippen molar-refractivity contribution < 1.29 is 24.2 Å². The molecule has 1 aliphatic heterocycles. The summed E-state index contributed by atoms with van der Waals surface area (Å²) in [6, 6.07) is 17.7. The minimum absolute atomic E-state index is 0.0571. The zero-order valence-corrected chi connectivity index (χ0v) is 17.4. The second-order valence-electron chi connectivity index (χ2n) is 7.10. The number of carbonyl (C=O) groups is 2. The number of thioether (sulfide) groups is 1. The largest absolute Gasteiger partial charge is 0.511 e. The molecule has 2 aromatic rings. The van der Waals surface area contributed by atoms with Crippen LogP contribution in [0.3, 0.4) is 0 Å². The fourth-order valence-electron chi connectivity index (χ4n) is 3.87. The maximum absolute atomic E-state index is 12.8. The van der Waals surface area contributed by atoms with Crippen LogP contribution in [-0.2, 0) is 24.8 Å². The third kappa shape index (κ3) is 3.87. The highest BCUT2D eigenvalue weighted by Gasteiger charge is 2.43. The van der Waals surface area contributed by atoms with Crippen LogP contribution in [0.5, 0.6) is 0 Å². The molecule has 2 aromatic carbocycles. The highest BCUT2D eigenvalue weighted by molar-refractivity contribution is 7.98. The minimum atomic E-state index is -0.706. The quantitative estimate of drug-likeness (QED) is 0.538. The lowest BCUT2D eigenvalue weighted by Gasteiger charge is -2.27. The monoisotopic (exact) mass is 422 g/mol. The first kappa shape index (κ1) is 20.3. The zero-order valence-electron chi connectivity index (χ0n) is 16.6. The molecule has 0 spiro atoms. The van der Waals surface area contributed by atoms with Crippen molar-refractivity contribution in [3.05, 3.63) is 88.2 Å². The predicted molar refractivity (Wildman–Crippen MR) is 114 cm³/mol.